The molecule has 0 atom stereocenters. The van der Waals surface area contributed by atoms with Gasteiger partial charge in [0, 0.05) is 31.1 Å². The number of nitrogens with one attached hydrogen (secondary N) is 1. The lowest BCUT2D eigenvalue weighted by Crippen LogP contribution is -2.48. The average molecular weight is 432 g/mol. The zero-order valence-corrected chi connectivity index (χ0v) is 18.8. The van der Waals surface area contributed by atoms with E-state index in [1.54, 1.807) is 14.0 Å². The Morgan fingerprint density at radius 1 is 1.13 bits per heavy atom. The van der Waals surface area contributed by atoms with Gasteiger partial charge in [-0.2, -0.15) is 0 Å². The molecule has 0 aliphatic carbocycles. The summed E-state index contributed by atoms with van der Waals surface area (Å²) < 4.78 is 10.6. The highest BCUT2D eigenvalue weighted by atomic mass is 32.1. The molecule has 0 unspecified atom stereocenters. The quantitative estimate of drug-likeness (QED) is 0.679. The molecule has 1 aromatic heterocycles. The topological polar surface area (TPSA) is 71.1 Å². The van der Waals surface area contributed by atoms with Crippen molar-refractivity contribution in [3.05, 3.63) is 40.3 Å². The van der Waals surface area contributed by atoms with Crippen molar-refractivity contribution in [1.29, 1.82) is 0 Å². The number of nitrogens with zero attached hydrogens (tertiary/aromatic N) is 2. The third kappa shape index (κ3) is 4.94. The van der Waals surface area contributed by atoms with Crippen LogP contribution in [0.1, 0.15) is 27.7 Å². The van der Waals surface area contributed by atoms with E-state index >= 15 is 0 Å². The third-order valence-corrected chi connectivity index (χ3v) is 6.41. The van der Waals surface area contributed by atoms with Gasteiger partial charge < -0.3 is 19.7 Å². The number of aryl methyl sites for hydroxylation is 1. The van der Waals surface area contributed by atoms with Crippen molar-refractivity contribution < 1.29 is 19.1 Å². The zero-order valence-electron chi connectivity index (χ0n) is 18.0. The molecule has 0 saturated carbocycles. The van der Waals surface area contributed by atoms with Crippen molar-refractivity contribution in [3.8, 4) is 5.75 Å². The van der Waals surface area contributed by atoms with Crippen LogP contribution in [0.15, 0.2) is 24.3 Å². The highest BCUT2D eigenvalue weighted by Gasteiger charge is 2.24. The molecule has 1 N–H and O–H groups in total. The molecular formula is C22H29N3O4S. The minimum atomic E-state index is -0.389. The molecule has 1 amide bonds. The highest BCUT2D eigenvalue weighted by molar-refractivity contribution is 7.16. The number of piperazine rings is 1. The van der Waals surface area contributed by atoms with Gasteiger partial charge in [-0.1, -0.05) is 12.1 Å². The van der Waals surface area contributed by atoms with Gasteiger partial charge in [0.2, 0.25) is 5.91 Å². The smallest absolute Gasteiger partial charge is 0.341 e. The lowest BCUT2D eigenvalue weighted by atomic mass is 10.1. The number of ether oxygens (including phenoxy) is 2. The molecule has 2 aromatic rings. The molecule has 3 rings (SSSR count). The highest BCUT2D eigenvalue weighted by Crippen LogP contribution is 2.33. The lowest BCUT2D eigenvalue weighted by molar-refractivity contribution is -0.117. The first kappa shape index (κ1) is 22.1. The van der Waals surface area contributed by atoms with E-state index in [9.17, 15) is 9.59 Å². The summed E-state index contributed by atoms with van der Waals surface area (Å²) in [5.41, 5.74) is 2.40. The van der Waals surface area contributed by atoms with Crippen molar-refractivity contribution in [3.63, 3.8) is 0 Å². The molecule has 30 heavy (non-hydrogen) atoms. The van der Waals surface area contributed by atoms with Gasteiger partial charge >= 0.3 is 5.97 Å². The van der Waals surface area contributed by atoms with E-state index in [1.165, 1.54) is 11.3 Å². The van der Waals surface area contributed by atoms with Crippen LogP contribution >= 0.6 is 11.3 Å². The molecule has 7 nitrogen and oxygen atoms in total. The Labute approximate surface area is 181 Å². The van der Waals surface area contributed by atoms with Crippen LogP contribution in [0.4, 0.5) is 10.7 Å². The number of rotatable bonds is 7. The average Bonchev–Trinajstić information content (AvgIpc) is 3.01. The number of hydrogen-bond donors (Lipinski definition) is 1. The van der Waals surface area contributed by atoms with Gasteiger partial charge in [-0.25, -0.2) is 4.79 Å². The van der Waals surface area contributed by atoms with Gasteiger partial charge in [0.05, 0.1) is 31.5 Å². The fourth-order valence-electron chi connectivity index (χ4n) is 3.57. The normalized spacial score (nSPS) is 14.5. The number of amides is 1. The number of thiophene rings is 1. The first-order chi connectivity index (χ1) is 14.4. The Morgan fingerprint density at radius 2 is 1.83 bits per heavy atom. The Hall–Kier alpha value is -2.58. The van der Waals surface area contributed by atoms with Gasteiger partial charge in [-0.05, 0) is 38.5 Å². The van der Waals surface area contributed by atoms with Gasteiger partial charge in [-0.15, -0.1) is 11.3 Å². The Bertz CT molecular complexity index is 904. The number of anilines is 2. The second-order valence-electron chi connectivity index (χ2n) is 7.19. The second-order valence-corrected chi connectivity index (χ2v) is 8.42. The first-order valence-electron chi connectivity index (χ1n) is 10.1. The van der Waals surface area contributed by atoms with Gasteiger partial charge in [0.15, 0.2) is 0 Å². The van der Waals surface area contributed by atoms with Crippen LogP contribution in [0.3, 0.4) is 0 Å². The van der Waals surface area contributed by atoms with Crippen molar-refractivity contribution in [2.45, 2.75) is 20.8 Å². The van der Waals surface area contributed by atoms with E-state index in [0.717, 1.165) is 48.1 Å². The number of carbonyl (C=O) groups excluding carboxylic acids is 2. The molecule has 1 aromatic carbocycles. The molecular weight excluding hydrogens is 402 g/mol. The van der Waals surface area contributed by atoms with Gasteiger partial charge in [-0.3, -0.25) is 9.69 Å². The van der Waals surface area contributed by atoms with E-state index in [1.807, 2.05) is 32.0 Å². The predicted octanol–water partition coefficient (Wildman–Crippen LogP) is 3.31. The summed E-state index contributed by atoms with van der Waals surface area (Å²) >= 11 is 1.41. The fraction of sp³-hybridized carbons (Fsp3) is 0.455. The summed E-state index contributed by atoms with van der Waals surface area (Å²) in [6.07, 6.45) is 0. The van der Waals surface area contributed by atoms with Crippen molar-refractivity contribution in [2.75, 3.05) is 56.7 Å². The minimum absolute atomic E-state index is 0.118. The van der Waals surface area contributed by atoms with Crippen LogP contribution in [-0.2, 0) is 9.53 Å². The summed E-state index contributed by atoms with van der Waals surface area (Å²) in [7, 11) is 1.68. The van der Waals surface area contributed by atoms with E-state index in [4.69, 9.17) is 9.47 Å². The maximum Gasteiger partial charge on any atom is 0.341 e. The van der Waals surface area contributed by atoms with E-state index in [-0.39, 0.29) is 18.4 Å². The van der Waals surface area contributed by atoms with Crippen molar-refractivity contribution in [1.82, 2.24) is 4.90 Å². The van der Waals surface area contributed by atoms with Crippen LogP contribution in [-0.4, -0.2) is 63.2 Å². The molecule has 1 saturated heterocycles. The number of para-hydroxylation sites is 2. The Kier molecular flexibility index (Phi) is 7.33. The van der Waals surface area contributed by atoms with Crippen LogP contribution in [0.2, 0.25) is 0 Å². The molecule has 0 bridgehead atoms. The maximum absolute atomic E-state index is 12.7. The fourth-order valence-corrected chi connectivity index (χ4v) is 4.64. The van der Waals surface area contributed by atoms with E-state index < -0.39 is 0 Å². The Morgan fingerprint density at radius 3 is 2.50 bits per heavy atom. The van der Waals surface area contributed by atoms with E-state index in [2.05, 4.69) is 21.2 Å². The number of benzene rings is 1. The summed E-state index contributed by atoms with van der Waals surface area (Å²) in [6, 6.07) is 7.98. The van der Waals surface area contributed by atoms with Crippen LogP contribution in [0, 0.1) is 13.8 Å². The summed E-state index contributed by atoms with van der Waals surface area (Å²) in [4.78, 5) is 30.4. The third-order valence-electron chi connectivity index (χ3n) is 5.28. The Balaban J connectivity index is 1.58. The number of carbonyl (C=O) groups is 2. The number of methoxy groups -OCH3 is 1. The van der Waals surface area contributed by atoms with E-state index in [0.29, 0.717) is 17.2 Å². The summed E-state index contributed by atoms with van der Waals surface area (Å²) in [5.74, 6) is 0.353. The minimum Gasteiger partial charge on any atom is -0.495 e. The van der Waals surface area contributed by atoms with Gasteiger partial charge in [0.25, 0.3) is 0 Å². The molecule has 1 aliphatic heterocycles. The van der Waals surface area contributed by atoms with Crippen molar-refractivity contribution in [2.24, 2.45) is 0 Å². The molecule has 0 spiro atoms. The molecule has 162 valence electrons. The number of hydrogen-bond acceptors (Lipinski definition) is 7. The van der Waals surface area contributed by atoms with Crippen LogP contribution < -0.4 is 15.0 Å². The molecule has 0 radical (unpaired) electrons. The van der Waals surface area contributed by atoms with Crippen molar-refractivity contribution >= 4 is 33.9 Å². The largest absolute Gasteiger partial charge is 0.495 e. The molecule has 2 heterocycles. The number of esters is 1. The monoisotopic (exact) mass is 431 g/mol. The maximum atomic E-state index is 12.7. The SMILES string of the molecule is CCOC(=O)c1c(NC(=O)CN2CCN(c3ccccc3OC)CC2)sc(C)c1C. The lowest BCUT2D eigenvalue weighted by Gasteiger charge is -2.36. The second kappa shape index (κ2) is 9.95. The van der Waals surface area contributed by atoms with Crippen LogP contribution in [0.5, 0.6) is 5.75 Å². The molecule has 1 fully saturated rings. The first-order valence-corrected chi connectivity index (χ1v) is 10.9. The van der Waals surface area contributed by atoms with Crippen LogP contribution in [0.25, 0.3) is 0 Å². The summed E-state index contributed by atoms with van der Waals surface area (Å²) in [6.45, 7) is 9.38. The van der Waals surface area contributed by atoms with Gasteiger partial charge in [0.1, 0.15) is 10.8 Å². The molecule has 1 aliphatic rings. The molecule has 8 heteroatoms. The summed E-state index contributed by atoms with van der Waals surface area (Å²) in [5, 5.41) is 3.49. The zero-order chi connectivity index (χ0) is 21.7. The predicted molar refractivity (Wildman–Crippen MR) is 120 cm³/mol. The standard InChI is InChI=1S/C22H29N3O4S/c1-5-29-22(27)20-15(2)16(3)30-21(20)23-19(26)14-24-10-12-25(13-11-24)17-8-6-7-9-18(17)28-4/h6-9H,5,10-14H2,1-4H3,(H,23,26).